The number of aromatic nitrogens is 2. The maximum Gasteiger partial charge on any atom is 0.408 e. The Morgan fingerprint density at radius 2 is 1.86 bits per heavy atom. The van der Waals surface area contributed by atoms with Crippen molar-refractivity contribution in [2.45, 2.75) is 72.1 Å². The third-order valence-electron chi connectivity index (χ3n) is 4.23. The summed E-state index contributed by atoms with van der Waals surface area (Å²) in [5.74, 6) is 0.731. The number of guanidine groups is 1. The molecule has 0 atom stereocenters. The van der Waals surface area contributed by atoms with E-state index < -0.39 is 17.2 Å². The number of rotatable bonds is 9. The van der Waals surface area contributed by atoms with E-state index >= 15 is 0 Å². The number of carbonyl (C=O) groups is 1. The van der Waals surface area contributed by atoms with Gasteiger partial charge in [-0.2, -0.15) is 0 Å². The predicted molar refractivity (Wildman–Crippen MR) is 124 cm³/mol. The SMILES string of the molecule is CCNC(=NCC(CC)(CC)NC(=O)OC(C)(C)C)NCCn1ccnc1.I. The van der Waals surface area contributed by atoms with Gasteiger partial charge in [0.05, 0.1) is 18.4 Å². The minimum atomic E-state index is -0.523. The Morgan fingerprint density at radius 3 is 2.36 bits per heavy atom. The first-order valence-electron chi connectivity index (χ1n) is 9.72. The number of amides is 1. The Morgan fingerprint density at radius 1 is 1.18 bits per heavy atom. The third kappa shape index (κ3) is 10.1. The zero-order valence-corrected chi connectivity index (χ0v) is 20.4. The summed E-state index contributed by atoms with van der Waals surface area (Å²) in [6.07, 6.45) is 6.60. The van der Waals surface area contributed by atoms with Gasteiger partial charge >= 0.3 is 6.09 Å². The number of imidazole rings is 1. The zero-order valence-electron chi connectivity index (χ0n) is 18.0. The number of nitrogens with one attached hydrogen (secondary N) is 3. The molecule has 0 saturated carbocycles. The molecule has 28 heavy (non-hydrogen) atoms. The Kier molecular flexibility index (Phi) is 12.1. The van der Waals surface area contributed by atoms with Crippen LogP contribution in [0.4, 0.5) is 4.79 Å². The van der Waals surface area contributed by atoms with Crippen LogP contribution in [0.15, 0.2) is 23.7 Å². The lowest BCUT2D eigenvalue weighted by Crippen LogP contribution is -2.52. The van der Waals surface area contributed by atoms with E-state index in [1.165, 1.54) is 0 Å². The molecule has 0 saturated heterocycles. The average molecular weight is 508 g/mol. The molecule has 0 radical (unpaired) electrons. The number of halogens is 1. The highest BCUT2D eigenvalue weighted by molar-refractivity contribution is 14.0. The first-order chi connectivity index (χ1) is 12.7. The van der Waals surface area contributed by atoms with Crippen molar-refractivity contribution in [3.8, 4) is 0 Å². The number of aliphatic imine (C=N–C) groups is 1. The quantitative estimate of drug-likeness (QED) is 0.271. The first kappa shape index (κ1) is 26.5. The molecule has 0 aliphatic carbocycles. The molecule has 1 aromatic heterocycles. The lowest BCUT2D eigenvalue weighted by atomic mass is 9.93. The standard InChI is InChI=1S/C19H36N6O2.HI/c1-7-19(8-2,24-17(26)27-18(4,5)6)14-23-16(21-9-3)22-11-13-25-12-10-20-15-25;/h10,12,15H,7-9,11,13-14H2,1-6H3,(H,24,26)(H2,21,22,23);1H. The van der Waals surface area contributed by atoms with Crippen molar-refractivity contribution in [3.63, 3.8) is 0 Å². The molecule has 9 heteroatoms. The molecule has 0 fully saturated rings. The summed E-state index contributed by atoms with van der Waals surface area (Å²) < 4.78 is 7.42. The van der Waals surface area contributed by atoms with E-state index in [1.807, 2.05) is 38.5 Å². The van der Waals surface area contributed by atoms with Gasteiger partial charge in [0.1, 0.15) is 5.60 Å². The molecule has 0 spiro atoms. The van der Waals surface area contributed by atoms with E-state index in [0.717, 1.165) is 38.4 Å². The van der Waals surface area contributed by atoms with Crippen molar-refractivity contribution in [2.24, 2.45) is 4.99 Å². The summed E-state index contributed by atoms with van der Waals surface area (Å²) >= 11 is 0. The highest BCUT2D eigenvalue weighted by Crippen LogP contribution is 2.17. The number of hydrogen-bond donors (Lipinski definition) is 3. The Hall–Kier alpha value is -1.52. The van der Waals surface area contributed by atoms with Crippen LogP contribution < -0.4 is 16.0 Å². The van der Waals surface area contributed by atoms with Gasteiger partial charge in [-0.15, -0.1) is 24.0 Å². The summed E-state index contributed by atoms with van der Waals surface area (Å²) in [5, 5.41) is 9.59. The van der Waals surface area contributed by atoms with Crippen molar-refractivity contribution in [2.75, 3.05) is 19.6 Å². The molecule has 1 amide bonds. The molecule has 0 bridgehead atoms. The highest BCUT2D eigenvalue weighted by atomic mass is 127. The van der Waals surface area contributed by atoms with Gasteiger partial charge in [0, 0.05) is 32.0 Å². The van der Waals surface area contributed by atoms with Gasteiger partial charge in [-0.3, -0.25) is 4.99 Å². The van der Waals surface area contributed by atoms with Crippen LogP contribution in [0.1, 0.15) is 54.4 Å². The van der Waals surface area contributed by atoms with Gasteiger partial charge in [-0.1, -0.05) is 13.8 Å². The first-order valence-corrected chi connectivity index (χ1v) is 9.72. The summed E-state index contributed by atoms with van der Waals surface area (Å²) in [4.78, 5) is 21.0. The molecular formula is C19H37IN6O2. The maximum absolute atomic E-state index is 12.2. The number of ether oxygens (including phenoxy) is 1. The topological polar surface area (TPSA) is 92.6 Å². The molecule has 8 nitrogen and oxygen atoms in total. The molecule has 0 aliphatic heterocycles. The number of alkyl carbamates (subject to hydrolysis) is 1. The van der Waals surface area contributed by atoms with E-state index in [1.54, 1.807) is 12.5 Å². The average Bonchev–Trinajstić information content (AvgIpc) is 3.10. The monoisotopic (exact) mass is 508 g/mol. The van der Waals surface area contributed by atoms with Crippen LogP contribution in [0.25, 0.3) is 0 Å². The van der Waals surface area contributed by atoms with Crippen LogP contribution in [0, 0.1) is 0 Å². The smallest absolute Gasteiger partial charge is 0.408 e. The summed E-state index contributed by atoms with van der Waals surface area (Å²) in [5.41, 5.74) is -0.959. The van der Waals surface area contributed by atoms with Gasteiger partial charge in [0.2, 0.25) is 0 Å². The summed E-state index contributed by atoms with van der Waals surface area (Å²) in [6.45, 7) is 14.5. The van der Waals surface area contributed by atoms with Gasteiger partial charge in [0.25, 0.3) is 0 Å². The lowest BCUT2D eigenvalue weighted by Gasteiger charge is -2.32. The molecule has 1 aromatic rings. The highest BCUT2D eigenvalue weighted by Gasteiger charge is 2.30. The Balaban J connectivity index is 0.00000729. The van der Waals surface area contributed by atoms with Crippen molar-refractivity contribution in [1.29, 1.82) is 0 Å². The fourth-order valence-corrected chi connectivity index (χ4v) is 2.50. The lowest BCUT2D eigenvalue weighted by molar-refractivity contribution is 0.0452. The molecule has 0 aliphatic rings. The molecule has 0 unspecified atom stereocenters. The Labute approximate surface area is 186 Å². The minimum Gasteiger partial charge on any atom is -0.444 e. The molecule has 0 aromatic carbocycles. The zero-order chi connectivity index (χ0) is 20.3. The second-order valence-electron chi connectivity index (χ2n) is 7.54. The van der Waals surface area contributed by atoms with Crippen LogP contribution >= 0.6 is 24.0 Å². The molecule has 1 rings (SSSR count). The molecular weight excluding hydrogens is 471 g/mol. The van der Waals surface area contributed by atoms with Gasteiger partial charge in [-0.25, -0.2) is 9.78 Å². The third-order valence-corrected chi connectivity index (χ3v) is 4.23. The largest absolute Gasteiger partial charge is 0.444 e. The van der Waals surface area contributed by atoms with E-state index in [-0.39, 0.29) is 24.0 Å². The Bertz CT molecular complexity index is 580. The second-order valence-corrected chi connectivity index (χ2v) is 7.54. The summed E-state index contributed by atoms with van der Waals surface area (Å²) in [6, 6.07) is 0. The minimum absolute atomic E-state index is 0. The fourth-order valence-electron chi connectivity index (χ4n) is 2.50. The second kappa shape index (κ2) is 12.8. The van der Waals surface area contributed by atoms with Crippen LogP contribution in [-0.4, -0.2) is 52.4 Å². The molecule has 1 heterocycles. The predicted octanol–water partition coefficient (Wildman–Crippen LogP) is 3.14. The van der Waals surface area contributed by atoms with E-state index in [0.29, 0.717) is 6.54 Å². The van der Waals surface area contributed by atoms with Crippen molar-refractivity contribution >= 4 is 36.0 Å². The number of carbonyl (C=O) groups excluding carboxylic acids is 1. The van der Waals surface area contributed by atoms with Gasteiger partial charge in [0.15, 0.2) is 5.96 Å². The molecule has 162 valence electrons. The van der Waals surface area contributed by atoms with Gasteiger partial charge in [-0.05, 0) is 40.5 Å². The fraction of sp³-hybridized carbons (Fsp3) is 0.737. The van der Waals surface area contributed by atoms with Crippen LogP contribution in [0.2, 0.25) is 0 Å². The van der Waals surface area contributed by atoms with Crippen molar-refractivity contribution in [1.82, 2.24) is 25.5 Å². The van der Waals surface area contributed by atoms with E-state index in [2.05, 4.69) is 34.8 Å². The number of hydrogen-bond acceptors (Lipinski definition) is 4. The van der Waals surface area contributed by atoms with Crippen LogP contribution in [0.3, 0.4) is 0 Å². The van der Waals surface area contributed by atoms with Crippen LogP contribution in [-0.2, 0) is 11.3 Å². The van der Waals surface area contributed by atoms with E-state index in [4.69, 9.17) is 9.73 Å². The van der Waals surface area contributed by atoms with E-state index in [9.17, 15) is 4.79 Å². The van der Waals surface area contributed by atoms with Crippen LogP contribution in [0.5, 0.6) is 0 Å². The van der Waals surface area contributed by atoms with Crippen molar-refractivity contribution in [3.05, 3.63) is 18.7 Å². The summed E-state index contributed by atoms with van der Waals surface area (Å²) in [7, 11) is 0. The maximum atomic E-state index is 12.2. The normalized spacial score (nSPS) is 12.1. The van der Waals surface area contributed by atoms with Gasteiger partial charge < -0.3 is 25.3 Å². The van der Waals surface area contributed by atoms with Crippen molar-refractivity contribution < 1.29 is 9.53 Å². The number of nitrogens with zero attached hydrogens (tertiary/aromatic N) is 3. The molecule has 3 N–H and O–H groups in total.